The number of hydrogen-bond acceptors (Lipinski definition) is 6. The van der Waals surface area contributed by atoms with Gasteiger partial charge in [0, 0.05) is 6.54 Å². The van der Waals surface area contributed by atoms with Gasteiger partial charge in [-0.2, -0.15) is 5.10 Å². The number of rotatable bonds is 3. The van der Waals surface area contributed by atoms with Crippen LogP contribution in [0.3, 0.4) is 0 Å². The van der Waals surface area contributed by atoms with Gasteiger partial charge in [0.25, 0.3) is 5.91 Å². The van der Waals surface area contributed by atoms with Crippen LogP contribution >= 0.6 is 11.3 Å². The molecule has 2 aromatic rings. The largest absolute Gasteiger partial charge is 0.377 e. The zero-order valence-corrected chi connectivity index (χ0v) is 14.2. The van der Waals surface area contributed by atoms with Gasteiger partial charge in [0.2, 0.25) is 0 Å². The van der Waals surface area contributed by atoms with E-state index in [1.807, 2.05) is 22.4 Å². The third-order valence-electron chi connectivity index (χ3n) is 4.56. The van der Waals surface area contributed by atoms with Crippen LogP contribution in [0.1, 0.15) is 22.5 Å². The van der Waals surface area contributed by atoms with Crippen LogP contribution in [0, 0.1) is 0 Å². The van der Waals surface area contributed by atoms with Crippen LogP contribution in [0.2, 0.25) is 0 Å². The molecule has 0 aromatic carbocycles. The molecule has 0 saturated carbocycles. The summed E-state index contributed by atoms with van der Waals surface area (Å²) in [5.41, 5.74) is -0.408. The molecule has 2 aromatic heterocycles. The van der Waals surface area contributed by atoms with Gasteiger partial charge in [-0.3, -0.25) is 9.48 Å². The van der Waals surface area contributed by atoms with E-state index in [2.05, 4.69) is 10.1 Å². The van der Waals surface area contributed by atoms with Crippen molar-refractivity contribution in [1.29, 1.82) is 0 Å². The van der Waals surface area contributed by atoms with Crippen molar-refractivity contribution in [2.75, 3.05) is 26.3 Å². The second-order valence-electron chi connectivity index (χ2n) is 6.34. The lowest BCUT2D eigenvalue weighted by atomic mass is 10.00. The Morgan fingerprint density at radius 2 is 2.46 bits per heavy atom. The van der Waals surface area contributed by atoms with E-state index >= 15 is 0 Å². The smallest absolute Gasteiger partial charge is 0.264 e. The molecule has 1 amide bonds. The van der Waals surface area contributed by atoms with Crippen LogP contribution < -0.4 is 0 Å². The normalized spacial score (nSPS) is 27.5. The van der Waals surface area contributed by atoms with Gasteiger partial charge in [-0.15, -0.1) is 11.3 Å². The summed E-state index contributed by atoms with van der Waals surface area (Å²) in [6.45, 7) is 2.96. The van der Waals surface area contributed by atoms with E-state index in [0.29, 0.717) is 32.8 Å². The molecule has 1 spiro atoms. The lowest BCUT2D eigenvalue weighted by molar-refractivity contribution is -0.0881. The van der Waals surface area contributed by atoms with Gasteiger partial charge >= 0.3 is 0 Å². The van der Waals surface area contributed by atoms with Crippen LogP contribution in [0.15, 0.2) is 30.2 Å². The van der Waals surface area contributed by atoms with Gasteiger partial charge in [-0.25, -0.2) is 4.98 Å². The molecule has 2 atom stereocenters. The first-order valence-electron chi connectivity index (χ1n) is 8.15. The number of ether oxygens (including phenoxy) is 2. The molecular formula is C16H20N4O3S. The van der Waals surface area contributed by atoms with Crippen molar-refractivity contribution in [2.24, 2.45) is 0 Å². The lowest BCUT2D eigenvalue weighted by Crippen LogP contribution is -2.46. The summed E-state index contributed by atoms with van der Waals surface area (Å²) in [7, 11) is 0. The number of carbonyl (C=O) groups excluding carboxylic acids is 1. The Morgan fingerprint density at radius 1 is 1.50 bits per heavy atom. The van der Waals surface area contributed by atoms with E-state index in [1.54, 1.807) is 11.0 Å². The molecule has 2 aliphatic rings. The van der Waals surface area contributed by atoms with Gasteiger partial charge in [-0.1, -0.05) is 6.07 Å². The maximum absolute atomic E-state index is 12.7. The van der Waals surface area contributed by atoms with Crippen molar-refractivity contribution in [2.45, 2.75) is 31.1 Å². The zero-order valence-electron chi connectivity index (χ0n) is 13.3. The Labute approximate surface area is 144 Å². The predicted octanol–water partition coefficient (Wildman–Crippen LogP) is 1.43. The van der Waals surface area contributed by atoms with E-state index in [0.717, 1.165) is 17.7 Å². The van der Waals surface area contributed by atoms with Crippen molar-refractivity contribution >= 4 is 17.2 Å². The molecule has 4 rings (SSSR count). The maximum Gasteiger partial charge on any atom is 0.264 e. The Balaban J connectivity index is 1.45. The molecule has 4 heterocycles. The van der Waals surface area contributed by atoms with Crippen LogP contribution in [-0.4, -0.2) is 63.6 Å². The summed E-state index contributed by atoms with van der Waals surface area (Å²) in [5, 5.41) is 6.07. The first-order valence-corrected chi connectivity index (χ1v) is 9.03. The minimum absolute atomic E-state index is 0.0678. The summed E-state index contributed by atoms with van der Waals surface area (Å²) < 4.78 is 13.9. The molecule has 2 saturated heterocycles. The van der Waals surface area contributed by atoms with Crippen molar-refractivity contribution in [3.8, 4) is 0 Å². The standard InChI is InChI=1S/C16H20N4O3S/c21-15(14-2-1-7-24-14)19-5-6-22-10-16(9-19)4-3-13(23-16)8-20-12-17-11-18-20/h1-2,7,11-13H,3-6,8-10H2/t13-,16-/m1/s1. The lowest BCUT2D eigenvalue weighted by Gasteiger charge is -2.31. The number of hydrogen-bond donors (Lipinski definition) is 0. The van der Waals surface area contributed by atoms with Crippen molar-refractivity contribution in [3.05, 3.63) is 35.0 Å². The zero-order chi connectivity index (χ0) is 16.4. The van der Waals surface area contributed by atoms with Crippen molar-refractivity contribution in [3.63, 3.8) is 0 Å². The molecule has 0 N–H and O–H groups in total. The van der Waals surface area contributed by atoms with Gasteiger partial charge in [0.15, 0.2) is 0 Å². The summed E-state index contributed by atoms with van der Waals surface area (Å²) in [6.07, 6.45) is 5.13. The monoisotopic (exact) mass is 348 g/mol. The van der Waals surface area contributed by atoms with Crippen LogP contribution in [0.5, 0.6) is 0 Å². The molecule has 0 radical (unpaired) electrons. The first kappa shape index (κ1) is 15.7. The summed E-state index contributed by atoms with van der Waals surface area (Å²) >= 11 is 1.47. The van der Waals surface area contributed by atoms with E-state index < -0.39 is 5.60 Å². The number of aromatic nitrogens is 3. The van der Waals surface area contributed by atoms with Gasteiger partial charge in [0.05, 0.1) is 37.3 Å². The second kappa shape index (κ2) is 6.62. The van der Waals surface area contributed by atoms with Gasteiger partial charge in [0.1, 0.15) is 18.3 Å². The molecule has 8 heteroatoms. The van der Waals surface area contributed by atoms with Crippen LogP contribution in [0.25, 0.3) is 0 Å². The first-order chi connectivity index (χ1) is 11.7. The average Bonchev–Trinajstić information content (AvgIpc) is 3.30. The molecular weight excluding hydrogens is 328 g/mol. The average molecular weight is 348 g/mol. The Hall–Kier alpha value is -1.77. The van der Waals surface area contributed by atoms with Crippen molar-refractivity contribution in [1.82, 2.24) is 19.7 Å². The van der Waals surface area contributed by atoms with E-state index in [4.69, 9.17) is 9.47 Å². The highest BCUT2D eigenvalue weighted by molar-refractivity contribution is 7.12. The fourth-order valence-electron chi connectivity index (χ4n) is 3.42. The Morgan fingerprint density at radius 3 is 3.25 bits per heavy atom. The highest BCUT2D eigenvalue weighted by Crippen LogP contribution is 2.34. The third kappa shape index (κ3) is 3.22. The molecule has 2 fully saturated rings. The topological polar surface area (TPSA) is 69.5 Å². The number of thiophene rings is 1. The van der Waals surface area contributed by atoms with E-state index in [9.17, 15) is 4.79 Å². The highest BCUT2D eigenvalue weighted by atomic mass is 32.1. The van der Waals surface area contributed by atoms with Gasteiger partial charge < -0.3 is 14.4 Å². The summed E-state index contributed by atoms with van der Waals surface area (Å²) in [6, 6.07) is 3.77. The molecule has 7 nitrogen and oxygen atoms in total. The molecule has 0 bridgehead atoms. The molecule has 0 aliphatic carbocycles. The molecule has 24 heavy (non-hydrogen) atoms. The predicted molar refractivity (Wildman–Crippen MR) is 87.9 cm³/mol. The molecule has 0 unspecified atom stereocenters. The van der Waals surface area contributed by atoms with E-state index in [-0.39, 0.29) is 12.0 Å². The number of carbonyl (C=O) groups is 1. The number of nitrogens with zero attached hydrogens (tertiary/aromatic N) is 4. The fourth-order valence-corrected chi connectivity index (χ4v) is 4.11. The number of amides is 1. The highest BCUT2D eigenvalue weighted by Gasteiger charge is 2.44. The Kier molecular flexibility index (Phi) is 4.34. The fraction of sp³-hybridized carbons (Fsp3) is 0.562. The Bertz CT molecular complexity index is 676. The summed E-state index contributed by atoms with van der Waals surface area (Å²) in [5.74, 6) is 0.0678. The SMILES string of the molecule is O=C(c1cccs1)N1CCOC[C@@]2(CC[C@H](Cn3cncn3)O2)C1. The summed E-state index contributed by atoms with van der Waals surface area (Å²) in [4.78, 5) is 19.3. The van der Waals surface area contributed by atoms with E-state index in [1.165, 1.54) is 17.7 Å². The minimum Gasteiger partial charge on any atom is -0.377 e. The maximum atomic E-state index is 12.7. The molecule has 128 valence electrons. The minimum atomic E-state index is -0.408. The van der Waals surface area contributed by atoms with Crippen molar-refractivity contribution < 1.29 is 14.3 Å². The second-order valence-corrected chi connectivity index (χ2v) is 7.28. The third-order valence-corrected chi connectivity index (χ3v) is 5.42. The van der Waals surface area contributed by atoms with Gasteiger partial charge in [-0.05, 0) is 24.3 Å². The van der Waals surface area contributed by atoms with Crippen LogP contribution in [0.4, 0.5) is 0 Å². The quantitative estimate of drug-likeness (QED) is 0.839. The van der Waals surface area contributed by atoms with Crippen LogP contribution in [-0.2, 0) is 16.0 Å². The molecule has 2 aliphatic heterocycles.